The minimum atomic E-state index is -1.03. The fourth-order valence-electron chi connectivity index (χ4n) is 5.77. The maximum Gasteiger partial charge on any atom is 0.174 e. The lowest BCUT2D eigenvalue weighted by molar-refractivity contribution is -0.139. The highest BCUT2D eigenvalue weighted by Crippen LogP contribution is 2.65. The number of ketones is 1. The third kappa shape index (κ3) is 1.37. The zero-order valence-corrected chi connectivity index (χ0v) is 13.4. The summed E-state index contributed by atoms with van der Waals surface area (Å²) in [5, 5.41) is 14.4. The molecular formula is C17H16N4O4. The Labute approximate surface area is 143 Å². The summed E-state index contributed by atoms with van der Waals surface area (Å²) in [5.74, 6) is 0.296. The van der Waals surface area contributed by atoms with E-state index >= 15 is 0 Å². The van der Waals surface area contributed by atoms with Gasteiger partial charge in [-0.1, -0.05) is 11.2 Å². The molecule has 1 saturated heterocycles. The van der Waals surface area contributed by atoms with Gasteiger partial charge >= 0.3 is 0 Å². The molecule has 0 unspecified atom stereocenters. The van der Waals surface area contributed by atoms with E-state index in [-0.39, 0.29) is 23.9 Å². The van der Waals surface area contributed by atoms with Crippen LogP contribution in [-0.4, -0.2) is 41.3 Å². The topological polar surface area (TPSA) is 112 Å². The predicted molar refractivity (Wildman–Crippen MR) is 88.4 cm³/mol. The molecule has 25 heavy (non-hydrogen) atoms. The monoisotopic (exact) mass is 340 g/mol. The summed E-state index contributed by atoms with van der Waals surface area (Å²) < 4.78 is 5.99. The van der Waals surface area contributed by atoms with Crippen LogP contribution in [0.15, 0.2) is 22.5 Å². The van der Waals surface area contributed by atoms with Crippen LogP contribution in [-0.2, 0) is 16.6 Å². The Morgan fingerprint density at radius 1 is 1.32 bits per heavy atom. The van der Waals surface area contributed by atoms with E-state index in [1.54, 1.807) is 6.07 Å². The van der Waals surface area contributed by atoms with Gasteiger partial charge in [0.05, 0.1) is 17.8 Å². The molecule has 1 N–H and O–H groups in total. The van der Waals surface area contributed by atoms with E-state index in [0.29, 0.717) is 31.6 Å². The first-order valence-electron chi connectivity index (χ1n) is 8.43. The molecule has 2 bridgehead atoms. The molecule has 2 fully saturated rings. The smallest absolute Gasteiger partial charge is 0.174 e. The second kappa shape index (κ2) is 4.50. The van der Waals surface area contributed by atoms with Crippen molar-refractivity contribution in [2.75, 3.05) is 6.54 Å². The fraction of sp³-hybridized carbons (Fsp3) is 0.529. The van der Waals surface area contributed by atoms with Crippen LogP contribution in [0, 0.1) is 15.2 Å². The van der Waals surface area contributed by atoms with Gasteiger partial charge in [0.1, 0.15) is 11.2 Å². The second-order valence-corrected chi connectivity index (χ2v) is 7.33. The van der Waals surface area contributed by atoms with Gasteiger partial charge in [-0.15, -0.1) is 4.91 Å². The Kier molecular flexibility index (Phi) is 2.64. The lowest BCUT2D eigenvalue weighted by Crippen LogP contribution is -2.75. The molecule has 128 valence electrons. The summed E-state index contributed by atoms with van der Waals surface area (Å²) in [4.78, 5) is 38.0. The number of likely N-dealkylation sites (tertiary alicyclic amines) is 1. The van der Waals surface area contributed by atoms with Gasteiger partial charge in [-0.05, 0) is 36.1 Å². The highest BCUT2D eigenvalue weighted by Gasteiger charge is 2.74. The molecule has 2 aliphatic heterocycles. The molecule has 4 atom stereocenters. The molecule has 8 heteroatoms. The number of piperidine rings is 1. The van der Waals surface area contributed by atoms with Crippen LogP contribution in [0.3, 0.4) is 0 Å². The molecule has 0 radical (unpaired) electrons. The number of nitrogens with zero attached hydrogens (tertiary/aromatic N) is 3. The molecule has 2 heterocycles. The Hall–Kier alpha value is -2.64. The quantitative estimate of drug-likeness (QED) is 0.515. The van der Waals surface area contributed by atoms with Crippen LogP contribution < -0.4 is 4.74 Å². The van der Waals surface area contributed by atoms with Gasteiger partial charge in [0.25, 0.3) is 0 Å². The number of ether oxygens (including phenoxy) is 1. The van der Waals surface area contributed by atoms with Crippen molar-refractivity contribution < 1.29 is 9.53 Å². The number of Topliss-reactive ketones (excluding diaryl/α,β-unsaturated/α-hetero) is 1. The van der Waals surface area contributed by atoms with E-state index in [2.05, 4.69) is 10.4 Å². The standard InChI is InChI=1S/C17H16N4O4/c18-8-21-6-5-16-13-9-1-2-10(19-23)14(13)25-15(16)11(22)3-4-17(16,20-24)12(21)7-9/h1-2,8,12,15,18H,3-7H2/t12-,15+,16+,17-/m1/s1. The normalized spacial score (nSPS) is 37.1. The third-order valence-electron chi connectivity index (χ3n) is 6.73. The molecule has 0 aromatic heterocycles. The van der Waals surface area contributed by atoms with Gasteiger partial charge in [-0.3, -0.25) is 10.2 Å². The Balaban J connectivity index is 1.88. The predicted octanol–water partition coefficient (Wildman–Crippen LogP) is 2.19. The Morgan fingerprint density at radius 2 is 2.16 bits per heavy atom. The van der Waals surface area contributed by atoms with Gasteiger partial charge in [-0.2, -0.15) is 4.91 Å². The second-order valence-electron chi connectivity index (χ2n) is 7.33. The number of nitroso groups, excluding NO2 is 2. The SMILES string of the molecule is N=CN1CC[C@]23c4c5ccc(N=O)c4O[C@H]2C(=O)CC[C@@]3(N=O)[C@H]1C5. The Bertz CT molecular complexity index is 855. The van der Waals surface area contributed by atoms with Crippen molar-refractivity contribution in [1.29, 1.82) is 5.41 Å². The number of benzene rings is 1. The summed E-state index contributed by atoms with van der Waals surface area (Å²) in [6.45, 7) is 0.552. The average molecular weight is 340 g/mol. The van der Waals surface area contributed by atoms with Crippen LogP contribution in [0.1, 0.15) is 30.4 Å². The van der Waals surface area contributed by atoms with Crippen molar-refractivity contribution in [3.63, 3.8) is 0 Å². The summed E-state index contributed by atoms with van der Waals surface area (Å²) in [6, 6.07) is 3.16. The number of nitrogens with one attached hydrogen (secondary N) is 1. The van der Waals surface area contributed by atoms with E-state index in [0.717, 1.165) is 11.1 Å². The van der Waals surface area contributed by atoms with Gasteiger partial charge in [-0.25, -0.2) is 0 Å². The number of carbonyl (C=O) groups excluding carboxylic acids is 1. The summed E-state index contributed by atoms with van der Waals surface area (Å²) in [7, 11) is 0. The van der Waals surface area contributed by atoms with Crippen LogP contribution in [0.5, 0.6) is 5.75 Å². The average Bonchev–Trinajstić information content (AvgIpc) is 2.99. The number of rotatable bonds is 3. The minimum Gasteiger partial charge on any atom is -0.479 e. The van der Waals surface area contributed by atoms with E-state index in [1.165, 1.54) is 6.34 Å². The molecule has 4 aliphatic rings. The molecule has 1 saturated carbocycles. The van der Waals surface area contributed by atoms with E-state index in [9.17, 15) is 14.6 Å². The van der Waals surface area contributed by atoms with Gasteiger partial charge in [0, 0.05) is 18.5 Å². The van der Waals surface area contributed by atoms with E-state index in [1.807, 2.05) is 11.0 Å². The molecule has 8 nitrogen and oxygen atoms in total. The maximum absolute atomic E-state index is 12.7. The van der Waals surface area contributed by atoms with Crippen LogP contribution in [0.25, 0.3) is 0 Å². The molecular weight excluding hydrogens is 324 g/mol. The lowest BCUT2D eigenvalue weighted by atomic mass is 9.47. The van der Waals surface area contributed by atoms with Crippen molar-refractivity contribution in [3.05, 3.63) is 33.1 Å². The zero-order valence-electron chi connectivity index (χ0n) is 13.4. The van der Waals surface area contributed by atoms with Gasteiger partial charge in [0.15, 0.2) is 17.6 Å². The number of hydrogen-bond donors (Lipinski definition) is 1. The highest BCUT2D eigenvalue weighted by molar-refractivity contribution is 5.90. The van der Waals surface area contributed by atoms with Crippen molar-refractivity contribution in [2.45, 2.75) is 48.8 Å². The number of hydrogen-bond acceptors (Lipinski definition) is 7. The maximum atomic E-state index is 12.7. The Morgan fingerprint density at radius 3 is 2.88 bits per heavy atom. The highest BCUT2D eigenvalue weighted by atomic mass is 16.5. The summed E-state index contributed by atoms with van der Waals surface area (Å²) in [5.41, 5.74) is 0.0283. The summed E-state index contributed by atoms with van der Waals surface area (Å²) in [6.07, 6.45) is 2.05. The third-order valence-corrected chi connectivity index (χ3v) is 6.73. The van der Waals surface area contributed by atoms with Gasteiger partial charge in [0.2, 0.25) is 0 Å². The van der Waals surface area contributed by atoms with E-state index < -0.39 is 17.1 Å². The van der Waals surface area contributed by atoms with Gasteiger partial charge < -0.3 is 9.64 Å². The van der Waals surface area contributed by atoms with E-state index in [4.69, 9.17) is 10.1 Å². The molecule has 2 aliphatic carbocycles. The molecule has 1 spiro atoms. The molecule has 1 aromatic carbocycles. The van der Waals surface area contributed by atoms with Crippen molar-refractivity contribution in [2.24, 2.45) is 10.4 Å². The van der Waals surface area contributed by atoms with Crippen LogP contribution in [0.2, 0.25) is 0 Å². The number of carbonyl (C=O) groups is 1. The van der Waals surface area contributed by atoms with Crippen molar-refractivity contribution in [3.8, 4) is 5.75 Å². The minimum absolute atomic E-state index is 0.0535. The zero-order chi connectivity index (χ0) is 17.4. The molecule has 0 amide bonds. The first-order chi connectivity index (χ1) is 12.1. The summed E-state index contributed by atoms with van der Waals surface area (Å²) >= 11 is 0. The van der Waals surface area contributed by atoms with Crippen LogP contribution in [0.4, 0.5) is 5.69 Å². The van der Waals surface area contributed by atoms with Crippen molar-refractivity contribution >= 4 is 17.8 Å². The fourth-order valence-corrected chi connectivity index (χ4v) is 5.77. The molecule has 5 rings (SSSR count). The molecule has 1 aromatic rings. The first kappa shape index (κ1) is 14.7. The van der Waals surface area contributed by atoms with Crippen molar-refractivity contribution in [1.82, 2.24) is 4.90 Å². The largest absolute Gasteiger partial charge is 0.479 e. The lowest BCUT2D eigenvalue weighted by Gasteiger charge is -2.61. The van der Waals surface area contributed by atoms with Crippen LogP contribution >= 0.6 is 0 Å². The first-order valence-corrected chi connectivity index (χ1v) is 8.43.